The standard InChI is InChI=1S/C18H17N3O3/c22-13-12-21(17(23)10-9-15-6-2-1-3-7-15)18(24)20-14-16-8-4-5-11-19-16/h1-11,13H,12,14H2,(H,20,24)/b10-9+. The third kappa shape index (κ3) is 5.17. The van der Waals surface area contributed by atoms with E-state index in [4.69, 9.17) is 0 Å². The number of nitrogens with one attached hydrogen (secondary N) is 1. The molecule has 0 bridgehead atoms. The molecule has 1 aromatic heterocycles. The van der Waals surface area contributed by atoms with Gasteiger partial charge in [0.05, 0.1) is 18.8 Å². The van der Waals surface area contributed by atoms with Crippen molar-refractivity contribution in [3.63, 3.8) is 0 Å². The number of urea groups is 1. The predicted octanol–water partition coefficient (Wildman–Crippen LogP) is 2.03. The van der Waals surface area contributed by atoms with Gasteiger partial charge in [-0.05, 0) is 23.8 Å². The lowest BCUT2D eigenvalue weighted by Crippen LogP contribution is -2.43. The van der Waals surface area contributed by atoms with Crippen molar-refractivity contribution >= 4 is 24.3 Å². The Kier molecular flexibility index (Phi) is 6.40. The fraction of sp³-hybridized carbons (Fsp3) is 0.111. The maximum absolute atomic E-state index is 12.2. The van der Waals surface area contributed by atoms with Crippen LogP contribution in [0.25, 0.3) is 6.08 Å². The van der Waals surface area contributed by atoms with Crippen LogP contribution in [-0.2, 0) is 16.1 Å². The number of benzene rings is 1. The predicted molar refractivity (Wildman–Crippen MR) is 89.7 cm³/mol. The van der Waals surface area contributed by atoms with E-state index in [0.29, 0.717) is 12.0 Å². The van der Waals surface area contributed by atoms with Gasteiger partial charge in [-0.25, -0.2) is 4.79 Å². The van der Waals surface area contributed by atoms with Crippen LogP contribution in [-0.4, -0.2) is 34.7 Å². The van der Waals surface area contributed by atoms with Crippen molar-refractivity contribution in [1.29, 1.82) is 0 Å². The minimum absolute atomic E-state index is 0.171. The highest BCUT2D eigenvalue weighted by Crippen LogP contribution is 2.03. The van der Waals surface area contributed by atoms with Crippen LogP contribution in [0.1, 0.15) is 11.3 Å². The Bertz CT molecular complexity index is 715. The van der Waals surface area contributed by atoms with Crippen LogP contribution >= 0.6 is 0 Å². The molecule has 0 aliphatic heterocycles. The summed E-state index contributed by atoms with van der Waals surface area (Å²) in [6.07, 6.45) is 4.97. The van der Waals surface area contributed by atoms with Gasteiger partial charge in [-0.1, -0.05) is 36.4 Å². The summed E-state index contributed by atoms with van der Waals surface area (Å²) in [6, 6.07) is 13.9. The Balaban J connectivity index is 1.99. The van der Waals surface area contributed by atoms with Crippen LogP contribution in [0, 0.1) is 0 Å². The molecule has 0 unspecified atom stereocenters. The molecule has 2 rings (SSSR count). The number of carbonyl (C=O) groups is 3. The van der Waals surface area contributed by atoms with Gasteiger partial charge in [-0.15, -0.1) is 0 Å². The Morgan fingerprint density at radius 1 is 1.08 bits per heavy atom. The van der Waals surface area contributed by atoms with E-state index in [-0.39, 0.29) is 13.1 Å². The molecule has 0 aliphatic rings. The summed E-state index contributed by atoms with van der Waals surface area (Å²) in [5.74, 6) is -0.565. The van der Waals surface area contributed by atoms with Crippen molar-refractivity contribution in [2.24, 2.45) is 0 Å². The molecule has 6 nitrogen and oxygen atoms in total. The van der Waals surface area contributed by atoms with E-state index >= 15 is 0 Å². The number of hydrogen-bond acceptors (Lipinski definition) is 4. The van der Waals surface area contributed by atoms with Crippen molar-refractivity contribution in [1.82, 2.24) is 15.2 Å². The second-order valence-corrected chi connectivity index (χ2v) is 4.84. The largest absolute Gasteiger partial charge is 0.332 e. The minimum Gasteiger partial charge on any atom is -0.332 e. The van der Waals surface area contributed by atoms with Crippen LogP contribution in [0.5, 0.6) is 0 Å². The number of amides is 3. The van der Waals surface area contributed by atoms with E-state index in [2.05, 4.69) is 10.3 Å². The first-order valence-corrected chi connectivity index (χ1v) is 7.36. The summed E-state index contributed by atoms with van der Waals surface area (Å²) >= 11 is 0. The molecule has 0 radical (unpaired) electrons. The molecule has 0 atom stereocenters. The molecule has 2 aromatic rings. The summed E-state index contributed by atoms with van der Waals surface area (Å²) in [6.45, 7) is -0.142. The molecule has 122 valence electrons. The smallest absolute Gasteiger partial charge is 0.325 e. The third-order valence-electron chi connectivity index (χ3n) is 3.13. The molecule has 0 saturated carbocycles. The first-order chi connectivity index (χ1) is 11.7. The number of rotatable bonds is 6. The lowest BCUT2D eigenvalue weighted by molar-refractivity contribution is -0.125. The highest BCUT2D eigenvalue weighted by Gasteiger charge is 2.18. The second-order valence-electron chi connectivity index (χ2n) is 4.84. The molecule has 6 heteroatoms. The second kappa shape index (κ2) is 8.99. The molecule has 0 fully saturated rings. The Morgan fingerprint density at radius 2 is 1.83 bits per heavy atom. The van der Waals surface area contributed by atoms with Crippen molar-refractivity contribution in [2.75, 3.05) is 6.54 Å². The molecular weight excluding hydrogens is 306 g/mol. The number of hydrogen-bond donors (Lipinski definition) is 1. The zero-order valence-electron chi connectivity index (χ0n) is 13.0. The molecule has 1 heterocycles. The fourth-order valence-corrected chi connectivity index (χ4v) is 1.93. The number of aldehydes is 1. The maximum Gasteiger partial charge on any atom is 0.325 e. The van der Waals surface area contributed by atoms with Gasteiger partial charge in [0.15, 0.2) is 0 Å². The topological polar surface area (TPSA) is 79.4 Å². The van der Waals surface area contributed by atoms with E-state index < -0.39 is 11.9 Å². The van der Waals surface area contributed by atoms with E-state index in [1.165, 1.54) is 6.08 Å². The first kappa shape index (κ1) is 17.1. The van der Waals surface area contributed by atoms with Crippen LogP contribution in [0.15, 0.2) is 60.8 Å². The summed E-state index contributed by atoms with van der Waals surface area (Å²) in [5.41, 5.74) is 1.48. The van der Waals surface area contributed by atoms with Gasteiger partial charge >= 0.3 is 6.03 Å². The minimum atomic E-state index is -0.643. The summed E-state index contributed by atoms with van der Waals surface area (Å²) in [5, 5.41) is 2.57. The molecule has 24 heavy (non-hydrogen) atoms. The van der Waals surface area contributed by atoms with Gasteiger partial charge < -0.3 is 10.1 Å². The highest BCUT2D eigenvalue weighted by atomic mass is 16.2. The van der Waals surface area contributed by atoms with Gasteiger partial charge in [-0.2, -0.15) is 0 Å². The van der Waals surface area contributed by atoms with Crippen LogP contribution in [0.4, 0.5) is 4.79 Å². The SMILES string of the molecule is O=CCN(C(=O)/C=C/c1ccccc1)C(=O)NCc1ccccn1. The fourth-order valence-electron chi connectivity index (χ4n) is 1.93. The quantitative estimate of drug-likeness (QED) is 0.651. The van der Waals surface area contributed by atoms with Gasteiger partial charge in [0.2, 0.25) is 0 Å². The number of pyridine rings is 1. The molecule has 3 amide bonds. The average Bonchev–Trinajstić information content (AvgIpc) is 2.64. The number of imide groups is 1. The van der Waals surface area contributed by atoms with Crippen molar-refractivity contribution in [3.8, 4) is 0 Å². The Morgan fingerprint density at radius 3 is 2.50 bits per heavy atom. The van der Waals surface area contributed by atoms with Crippen molar-refractivity contribution < 1.29 is 14.4 Å². The van der Waals surface area contributed by atoms with Crippen LogP contribution in [0.2, 0.25) is 0 Å². The van der Waals surface area contributed by atoms with Crippen LogP contribution in [0.3, 0.4) is 0 Å². The highest BCUT2D eigenvalue weighted by molar-refractivity contribution is 6.03. The zero-order valence-corrected chi connectivity index (χ0v) is 13.0. The van der Waals surface area contributed by atoms with E-state index in [0.717, 1.165) is 10.5 Å². The molecule has 0 spiro atoms. The first-order valence-electron chi connectivity index (χ1n) is 7.36. The maximum atomic E-state index is 12.2. The van der Waals surface area contributed by atoms with E-state index in [9.17, 15) is 14.4 Å². The molecule has 1 N–H and O–H groups in total. The van der Waals surface area contributed by atoms with E-state index in [1.54, 1.807) is 30.5 Å². The molecule has 1 aromatic carbocycles. The van der Waals surface area contributed by atoms with Gasteiger partial charge in [0, 0.05) is 12.3 Å². The lowest BCUT2D eigenvalue weighted by Gasteiger charge is -2.17. The zero-order chi connectivity index (χ0) is 17.2. The Labute approximate surface area is 139 Å². The summed E-state index contributed by atoms with van der Waals surface area (Å²) in [7, 11) is 0. The average molecular weight is 323 g/mol. The Hall–Kier alpha value is -3.28. The molecule has 0 saturated heterocycles. The molecular formula is C18H17N3O3. The van der Waals surface area contributed by atoms with Gasteiger partial charge in [0.25, 0.3) is 5.91 Å². The number of nitrogens with zero attached hydrogens (tertiary/aromatic N) is 2. The third-order valence-corrected chi connectivity index (χ3v) is 3.13. The lowest BCUT2D eigenvalue weighted by atomic mass is 10.2. The molecule has 0 aliphatic carbocycles. The van der Waals surface area contributed by atoms with Crippen LogP contribution < -0.4 is 5.32 Å². The van der Waals surface area contributed by atoms with Crippen molar-refractivity contribution in [2.45, 2.75) is 6.54 Å². The van der Waals surface area contributed by atoms with Gasteiger partial charge in [-0.3, -0.25) is 14.7 Å². The summed E-state index contributed by atoms with van der Waals surface area (Å²) in [4.78, 5) is 40.0. The monoisotopic (exact) mass is 323 g/mol. The number of aromatic nitrogens is 1. The normalized spacial score (nSPS) is 10.3. The van der Waals surface area contributed by atoms with Gasteiger partial charge in [0.1, 0.15) is 6.29 Å². The number of carbonyl (C=O) groups excluding carboxylic acids is 3. The summed E-state index contributed by atoms with van der Waals surface area (Å²) < 4.78 is 0. The van der Waals surface area contributed by atoms with Crippen molar-refractivity contribution in [3.05, 3.63) is 72.1 Å². The van der Waals surface area contributed by atoms with E-state index in [1.807, 2.05) is 30.3 Å².